The number of anilines is 1. The number of carbonyl (C=O) groups excluding carboxylic acids is 1. The summed E-state index contributed by atoms with van der Waals surface area (Å²) in [6, 6.07) is 16.2. The number of halogens is 2. The van der Waals surface area contributed by atoms with Crippen molar-refractivity contribution in [2.75, 3.05) is 31.1 Å². The van der Waals surface area contributed by atoms with Gasteiger partial charge in [-0.3, -0.25) is 9.69 Å². The van der Waals surface area contributed by atoms with Gasteiger partial charge in [0, 0.05) is 30.8 Å². The molecular formula is C30H34F2N3O4+. The summed E-state index contributed by atoms with van der Waals surface area (Å²) in [5.41, 5.74) is 2.54. The van der Waals surface area contributed by atoms with E-state index in [1.54, 1.807) is 29.2 Å². The van der Waals surface area contributed by atoms with E-state index in [2.05, 4.69) is 4.90 Å². The Hall–Kier alpha value is -3.82. The van der Waals surface area contributed by atoms with Crippen molar-refractivity contribution in [3.05, 3.63) is 83.4 Å². The number of nitrogens with zero attached hydrogens (tertiary/aromatic N) is 2. The van der Waals surface area contributed by atoms with Crippen molar-refractivity contribution in [3.63, 3.8) is 0 Å². The largest absolute Gasteiger partial charge is 0.494 e. The quantitative estimate of drug-likeness (QED) is 0.377. The van der Waals surface area contributed by atoms with Crippen LogP contribution in [0.4, 0.5) is 14.5 Å². The minimum absolute atomic E-state index is 0. The summed E-state index contributed by atoms with van der Waals surface area (Å²) in [4.78, 5) is 28.1. The molecule has 1 spiro atoms. The van der Waals surface area contributed by atoms with Gasteiger partial charge in [0.2, 0.25) is 5.91 Å². The first-order valence-electron chi connectivity index (χ1n) is 12.8. The molecule has 3 aromatic carbocycles. The molecule has 2 heterocycles. The Morgan fingerprint density at radius 2 is 1.77 bits per heavy atom. The van der Waals surface area contributed by atoms with Crippen molar-refractivity contribution in [1.29, 1.82) is 0 Å². The summed E-state index contributed by atoms with van der Waals surface area (Å²) in [5, 5.41) is 9.14. The number of amides is 1. The van der Waals surface area contributed by atoms with E-state index >= 15 is 0 Å². The highest BCUT2D eigenvalue weighted by Crippen LogP contribution is 2.43. The number of carbonyl (C=O) groups is 2. The van der Waals surface area contributed by atoms with Crippen molar-refractivity contribution in [1.82, 2.24) is 11.1 Å². The summed E-state index contributed by atoms with van der Waals surface area (Å²) in [6.07, 6.45) is 2.20. The molecule has 0 atom stereocenters. The topological polar surface area (TPSA) is 107 Å². The maximum Gasteiger partial charge on any atom is 0.335 e. The van der Waals surface area contributed by atoms with Gasteiger partial charge in [-0.1, -0.05) is 12.1 Å². The summed E-state index contributed by atoms with van der Waals surface area (Å²) in [6.45, 7) is 5.21. The summed E-state index contributed by atoms with van der Waals surface area (Å²) >= 11 is 0. The molecule has 206 valence electrons. The molecule has 0 aliphatic carbocycles. The van der Waals surface area contributed by atoms with Gasteiger partial charge in [0.1, 0.15) is 5.75 Å². The van der Waals surface area contributed by atoms with E-state index in [0.29, 0.717) is 37.4 Å². The average Bonchev–Trinajstić information content (AvgIpc) is 3.22. The molecular weight excluding hydrogens is 504 g/mol. The number of carboxylic acid groups (broad SMARTS) is 1. The van der Waals surface area contributed by atoms with Crippen molar-refractivity contribution in [3.8, 4) is 16.9 Å². The lowest BCUT2D eigenvalue weighted by Crippen LogP contribution is -2.41. The van der Waals surface area contributed by atoms with Gasteiger partial charge in [-0.15, -0.1) is 0 Å². The predicted molar refractivity (Wildman–Crippen MR) is 146 cm³/mol. The summed E-state index contributed by atoms with van der Waals surface area (Å²) in [7, 11) is 0. The summed E-state index contributed by atoms with van der Waals surface area (Å²) < 4.78 is 34.1. The minimum Gasteiger partial charge on any atom is -0.494 e. The van der Waals surface area contributed by atoms with Gasteiger partial charge in [-0.05, 0) is 97.9 Å². The van der Waals surface area contributed by atoms with Gasteiger partial charge >= 0.3 is 5.97 Å². The first kappa shape index (κ1) is 28.2. The monoisotopic (exact) mass is 538 g/mol. The zero-order valence-corrected chi connectivity index (χ0v) is 22.3. The van der Waals surface area contributed by atoms with Gasteiger partial charge in [-0.25, -0.2) is 13.6 Å². The van der Waals surface area contributed by atoms with Crippen LogP contribution in [0.25, 0.3) is 11.1 Å². The number of hydrogen-bond acceptors (Lipinski definition) is 4. The van der Waals surface area contributed by atoms with E-state index < -0.39 is 17.6 Å². The summed E-state index contributed by atoms with van der Waals surface area (Å²) in [5.74, 6) is -2.07. The van der Waals surface area contributed by atoms with Crippen LogP contribution in [0.5, 0.6) is 5.75 Å². The molecule has 0 saturated carbocycles. The lowest BCUT2D eigenvalue weighted by molar-refractivity contribution is -0.118. The van der Waals surface area contributed by atoms with Crippen LogP contribution in [0.3, 0.4) is 0 Å². The molecule has 0 unspecified atom stereocenters. The molecule has 2 aliphatic heterocycles. The third-order valence-corrected chi connectivity index (χ3v) is 7.61. The van der Waals surface area contributed by atoms with Crippen molar-refractivity contribution < 1.29 is 28.2 Å². The highest BCUT2D eigenvalue weighted by Gasteiger charge is 2.45. The number of aromatic carboxylic acids is 1. The average molecular weight is 539 g/mol. The number of quaternary nitrogens is 1. The van der Waals surface area contributed by atoms with E-state index in [0.717, 1.165) is 43.2 Å². The first-order valence-corrected chi connectivity index (χ1v) is 12.8. The molecule has 2 saturated heterocycles. The molecule has 0 bridgehead atoms. The maximum absolute atomic E-state index is 14.5. The maximum atomic E-state index is 14.5. The Morgan fingerprint density at radius 3 is 2.44 bits per heavy atom. The van der Waals surface area contributed by atoms with Gasteiger partial charge in [0.05, 0.1) is 12.2 Å². The van der Waals surface area contributed by atoms with Crippen LogP contribution in [-0.2, 0) is 11.3 Å². The first-order chi connectivity index (χ1) is 18.3. The second kappa shape index (κ2) is 11.5. The van der Waals surface area contributed by atoms with Gasteiger partial charge in [0.25, 0.3) is 0 Å². The fourth-order valence-electron chi connectivity index (χ4n) is 5.58. The van der Waals surface area contributed by atoms with E-state index in [1.807, 2.05) is 19.1 Å². The Labute approximate surface area is 226 Å². The molecule has 7 nitrogen and oxygen atoms in total. The van der Waals surface area contributed by atoms with Crippen molar-refractivity contribution in [2.24, 2.45) is 5.41 Å². The number of piperidine rings is 1. The van der Waals surface area contributed by atoms with Crippen LogP contribution in [-0.4, -0.2) is 48.1 Å². The lowest BCUT2D eigenvalue weighted by Gasteiger charge is -2.39. The second-order valence-electron chi connectivity index (χ2n) is 10.2. The van der Waals surface area contributed by atoms with Crippen molar-refractivity contribution in [2.45, 2.75) is 32.7 Å². The van der Waals surface area contributed by atoms with Crippen molar-refractivity contribution >= 4 is 17.6 Å². The zero-order valence-electron chi connectivity index (χ0n) is 22.3. The number of benzene rings is 3. The zero-order chi connectivity index (χ0) is 26.9. The second-order valence-corrected chi connectivity index (χ2v) is 10.2. The van der Waals surface area contributed by atoms with Crippen LogP contribution < -0.4 is 15.8 Å². The van der Waals surface area contributed by atoms with E-state index in [4.69, 9.17) is 9.84 Å². The number of hydrogen-bond donors (Lipinski definition) is 2. The van der Waals surface area contributed by atoms with Crippen LogP contribution >= 0.6 is 0 Å². The molecule has 2 fully saturated rings. The van der Waals surface area contributed by atoms with E-state index in [9.17, 15) is 18.4 Å². The highest BCUT2D eigenvalue weighted by molar-refractivity contribution is 5.97. The van der Waals surface area contributed by atoms with Crippen LogP contribution in [0.2, 0.25) is 0 Å². The highest BCUT2D eigenvalue weighted by atomic mass is 19.2. The van der Waals surface area contributed by atoms with E-state index in [-0.39, 0.29) is 28.6 Å². The molecule has 39 heavy (non-hydrogen) atoms. The minimum atomic E-state index is -0.992. The smallest absolute Gasteiger partial charge is 0.335 e. The Morgan fingerprint density at radius 1 is 1.05 bits per heavy atom. The molecule has 0 radical (unpaired) electrons. The Kier molecular flexibility index (Phi) is 8.32. The fraction of sp³-hybridized carbons (Fsp3) is 0.333. The third-order valence-electron chi connectivity index (χ3n) is 7.61. The van der Waals surface area contributed by atoms with Crippen LogP contribution in [0.15, 0.2) is 60.7 Å². The van der Waals surface area contributed by atoms with E-state index in [1.165, 1.54) is 18.2 Å². The van der Waals surface area contributed by atoms with Gasteiger partial charge < -0.3 is 20.9 Å². The van der Waals surface area contributed by atoms with Crippen LogP contribution in [0, 0.1) is 17.0 Å². The standard InChI is InChI=1S/C30H30F2N2O4.H3N/c1-2-38-24-15-20(14-22(16-24)25-4-3-5-26(31)28(25)32)18-33-12-10-30(11-13-33)17-27(35)34(19-30)23-8-6-21(7-9-23)29(36)37;/h3-9,14-16H,2,10-13,17-19H2,1H3,(H,36,37);1H3/p+1. The molecule has 3 aromatic rings. The molecule has 5 rings (SSSR count). The lowest BCUT2D eigenvalue weighted by atomic mass is 9.77. The number of rotatable bonds is 7. The molecule has 1 amide bonds. The fourth-order valence-corrected chi connectivity index (χ4v) is 5.58. The Balaban J connectivity index is 0.00000353. The Bertz CT molecular complexity index is 1350. The molecule has 9 heteroatoms. The predicted octanol–water partition coefficient (Wildman–Crippen LogP) is 6.12. The van der Waals surface area contributed by atoms with Gasteiger partial charge in [0.15, 0.2) is 11.6 Å². The number of likely N-dealkylation sites (tertiary alicyclic amines) is 1. The normalized spacial score (nSPS) is 16.8. The molecule has 5 N–H and O–H groups in total. The van der Waals surface area contributed by atoms with Crippen LogP contribution in [0.1, 0.15) is 42.1 Å². The van der Waals surface area contributed by atoms with Gasteiger partial charge in [-0.2, -0.15) is 0 Å². The SMILES string of the molecule is CCOc1cc(CN2CCC3(CC2)CC(=O)N(c2ccc(C(=O)O)cc2)C3)cc(-c2cccc(F)c2F)c1.[NH4+]. The molecule has 0 aromatic heterocycles. The third kappa shape index (κ3) is 5.94. The number of ether oxygens (including phenoxy) is 1. The number of carboxylic acids is 1. The molecule has 2 aliphatic rings.